The minimum absolute atomic E-state index is 0.320. The largest absolute Gasteiger partial charge is 0.491 e. The van der Waals surface area contributed by atoms with E-state index < -0.39 is 6.10 Å². The lowest BCUT2D eigenvalue weighted by atomic mass is 9.92. The maximum atomic E-state index is 10.1. The summed E-state index contributed by atoms with van der Waals surface area (Å²) in [6.45, 7) is 7.70. The van der Waals surface area contributed by atoms with Gasteiger partial charge in [0.05, 0.1) is 0 Å². The Bertz CT molecular complexity index is 399. The zero-order valence-electron chi connectivity index (χ0n) is 12.3. The number of likely N-dealkylation sites (tertiary alicyclic amines) is 1. The number of rotatable bonds is 5. The molecule has 2 rings (SSSR count). The highest BCUT2D eigenvalue weighted by Crippen LogP contribution is 2.21. The number of aliphatic hydroxyl groups is 1. The van der Waals surface area contributed by atoms with Crippen molar-refractivity contribution in [2.45, 2.75) is 26.4 Å². The van der Waals surface area contributed by atoms with Crippen LogP contribution in [0, 0.1) is 11.8 Å². The molecule has 0 spiro atoms. The van der Waals surface area contributed by atoms with E-state index in [0.717, 1.165) is 18.8 Å². The van der Waals surface area contributed by atoms with Crippen molar-refractivity contribution in [2.75, 3.05) is 26.2 Å². The summed E-state index contributed by atoms with van der Waals surface area (Å²) in [5.41, 5.74) is 0. The molecule has 1 aromatic rings. The van der Waals surface area contributed by atoms with Crippen LogP contribution in [0.2, 0.25) is 5.02 Å². The Morgan fingerprint density at radius 1 is 1.25 bits per heavy atom. The highest BCUT2D eigenvalue weighted by molar-refractivity contribution is 6.30. The fourth-order valence-electron chi connectivity index (χ4n) is 3.02. The molecule has 0 aliphatic carbocycles. The zero-order valence-corrected chi connectivity index (χ0v) is 13.0. The molecule has 1 heterocycles. The molecule has 1 aliphatic heterocycles. The molecular formula is C16H24ClNO2. The lowest BCUT2D eigenvalue weighted by molar-refractivity contribution is 0.0429. The number of hydrogen-bond acceptors (Lipinski definition) is 3. The molecule has 1 saturated heterocycles. The number of ether oxygens (including phenoxy) is 1. The Morgan fingerprint density at radius 3 is 2.45 bits per heavy atom. The summed E-state index contributed by atoms with van der Waals surface area (Å²) in [5, 5.41) is 10.8. The van der Waals surface area contributed by atoms with Crippen molar-refractivity contribution < 1.29 is 9.84 Å². The maximum Gasteiger partial charge on any atom is 0.119 e. The lowest BCUT2D eigenvalue weighted by Gasteiger charge is -2.35. The van der Waals surface area contributed by atoms with Crippen LogP contribution in [0.4, 0.5) is 0 Å². The second kappa shape index (κ2) is 7.30. The van der Waals surface area contributed by atoms with E-state index >= 15 is 0 Å². The van der Waals surface area contributed by atoms with Crippen LogP contribution in [0.15, 0.2) is 24.3 Å². The van der Waals surface area contributed by atoms with E-state index in [0.29, 0.717) is 30.0 Å². The summed E-state index contributed by atoms with van der Waals surface area (Å²) in [6.07, 6.45) is 0.830. The van der Waals surface area contributed by atoms with Crippen molar-refractivity contribution in [1.82, 2.24) is 4.90 Å². The Hall–Kier alpha value is -0.770. The van der Waals surface area contributed by atoms with E-state index in [2.05, 4.69) is 18.7 Å². The van der Waals surface area contributed by atoms with Crippen LogP contribution in [-0.4, -0.2) is 42.4 Å². The van der Waals surface area contributed by atoms with E-state index in [1.165, 1.54) is 6.42 Å². The molecule has 0 unspecified atom stereocenters. The van der Waals surface area contributed by atoms with Gasteiger partial charge in [0.2, 0.25) is 0 Å². The predicted molar refractivity (Wildman–Crippen MR) is 82.3 cm³/mol. The van der Waals surface area contributed by atoms with Gasteiger partial charge in [-0.05, 0) is 42.5 Å². The summed E-state index contributed by atoms with van der Waals surface area (Å²) in [7, 11) is 0. The SMILES string of the molecule is C[C@@H]1C[C@@H](C)CN(C[C@@H](O)COc2ccc(Cl)cc2)C1. The first-order valence-corrected chi connectivity index (χ1v) is 7.69. The van der Waals surface area contributed by atoms with Gasteiger partial charge in [-0.3, -0.25) is 0 Å². The molecule has 0 amide bonds. The molecule has 1 aliphatic rings. The normalized spacial score (nSPS) is 25.4. The van der Waals surface area contributed by atoms with Crippen LogP contribution in [0.25, 0.3) is 0 Å². The first-order chi connectivity index (χ1) is 9.52. The zero-order chi connectivity index (χ0) is 14.5. The Morgan fingerprint density at radius 2 is 1.85 bits per heavy atom. The Kier molecular flexibility index (Phi) is 5.70. The van der Waals surface area contributed by atoms with E-state index in [4.69, 9.17) is 16.3 Å². The second-order valence-electron chi connectivity index (χ2n) is 6.08. The van der Waals surface area contributed by atoms with Crippen LogP contribution in [0.1, 0.15) is 20.3 Å². The third-order valence-electron chi connectivity index (χ3n) is 3.67. The summed E-state index contributed by atoms with van der Waals surface area (Å²) >= 11 is 5.82. The monoisotopic (exact) mass is 297 g/mol. The number of aliphatic hydroxyl groups excluding tert-OH is 1. The van der Waals surface area contributed by atoms with Crippen molar-refractivity contribution in [3.05, 3.63) is 29.3 Å². The van der Waals surface area contributed by atoms with Crippen LogP contribution in [0.5, 0.6) is 5.75 Å². The van der Waals surface area contributed by atoms with Crippen LogP contribution >= 0.6 is 11.6 Å². The van der Waals surface area contributed by atoms with Gasteiger partial charge in [0, 0.05) is 24.7 Å². The van der Waals surface area contributed by atoms with Crippen LogP contribution < -0.4 is 4.74 Å². The average Bonchev–Trinajstić information content (AvgIpc) is 2.37. The molecule has 0 saturated carbocycles. The van der Waals surface area contributed by atoms with Gasteiger partial charge in [-0.2, -0.15) is 0 Å². The van der Waals surface area contributed by atoms with Crippen LogP contribution in [0.3, 0.4) is 0 Å². The van der Waals surface area contributed by atoms with Crippen molar-refractivity contribution in [3.8, 4) is 5.75 Å². The second-order valence-corrected chi connectivity index (χ2v) is 6.52. The summed E-state index contributed by atoms with van der Waals surface area (Å²) in [6, 6.07) is 7.22. The van der Waals surface area contributed by atoms with Gasteiger partial charge in [0.25, 0.3) is 0 Å². The number of nitrogens with zero attached hydrogens (tertiary/aromatic N) is 1. The molecule has 4 heteroatoms. The highest BCUT2D eigenvalue weighted by atomic mass is 35.5. The lowest BCUT2D eigenvalue weighted by Crippen LogP contribution is -2.43. The fraction of sp³-hybridized carbons (Fsp3) is 0.625. The highest BCUT2D eigenvalue weighted by Gasteiger charge is 2.23. The molecule has 0 radical (unpaired) electrons. The van der Waals surface area contributed by atoms with Crippen molar-refractivity contribution in [1.29, 1.82) is 0 Å². The molecule has 1 aromatic carbocycles. The van der Waals surface area contributed by atoms with Gasteiger partial charge in [-0.1, -0.05) is 25.4 Å². The number of hydrogen-bond donors (Lipinski definition) is 1. The average molecular weight is 298 g/mol. The number of benzene rings is 1. The van der Waals surface area contributed by atoms with E-state index in [1.807, 2.05) is 12.1 Å². The number of halogens is 1. The Balaban J connectivity index is 1.74. The van der Waals surface area contributed by atoms with Gasteiger partial charge < -0.3 is 14.7 Å². The molecule has 3 nitrogen and oxygen atoms in total. The minimum Gasteiger partial charge on any atom is -0.491 e. The predicted octanol–water partition coefficient (Wildman–Crippen LogP) is 3.06. The maximum absolute atomic E-state index is 10.1. The van der Waals surface area contributed by atoms with Gasteiger partial charge in [-0.15, -0.1) is 0 Å². The molecule has 3 atom stereocenters. The molecule has 0 bridgehead atoms. The van der Waals surface area contributed by atoms with Gasteiger partial charge in [-0.25, -0.2) is 0 Å². The molecule has 1 fully saturated rings. The number of β-amino-alcohol motifs (C(OH)–C–C–N with tert-alkyl or cyclic N) is 1. The van der Waals surface area contributed by atoms with E-state index in [9.17, 15) is 5.11 Å². The van der Waals surface area contributed by atoms with Crippen molar-refractivity contribution >= 4 is 11.6 Å². The minimum atomic E-state index is -0.455. The molecule has 112 valence electrons. The third-order valence-corrected chi connectivity index (χ3v) is 3.92. The van der Waals surface area contributed by atoms with Crippen molar-refractivity contribution in [2.24, 2.45) is 11.8 Å². The first-order valence-electron chi connectivity index (χ1n) is 7.31. The van der Waals surface area contributed by atoms with Gasteiger partial charge in [0.1, 0.15) is 18.5 Å². The topological polar surface area (TPSA) is 32.7 Å². The Labute approximate surface area is 126 Å². The summed E-state index contributed by atoms with van der Waals surface area (Å²) in [4.78, 5) is 2.34. The third kappa shape index (κ3) is 4.97. The van der Waals surface area contributed by atoms with E-state index in [1.54, 1.807) is 12.1 Å². The standard InChI is InChI=1S/C16H24ClNO2/c1-12-7-13(2)9-18(8-12)10-15(19)11-20-16-5-3-14(17)4-6-16/h3-6,12-13,15,19H,7-11H2,1-2H3/t12-,13-,15-/m1/s1. The van der Waals surface area contributed by atoms with Gasteiger partial charge in [0.15, 0.2) is 0 Å². The molecule has 0 aromatic heterocycles. The first kappa shape index (κ1) is 15.6. The van der Waals surface area contributed by atoms with Crippen LogP contribution in [-0.2, 0) is 0 Å². The van der Waals surface area contributed by atoms with Crippen molar-refractivity contribution in [3.63, 3.8) is 0 Å². The quantitative estimate of drug-likeness (QED) is 0.907. The van der Waals surface area contributed by atoms with E-state index in [-0.39, 0.29) is 0 Å². The summed E-state index contributed by atoms with van der Waals surface area (Å²) < 4.78 is 5.58. The molecule has 1 N–H and O–H groups in total. The summed E-state index contributed by atoms with van der Waals surface area (Å²) in [5.74, 6) is 2.17. The molecule has 20 heavy (non-hydrogen) atoms. The smallest absolute Gasteiger partial charge is 0.119 e. The molecular weight excluding hydrogens is 274 g/mol. The fourth-order valence-corrected chi connectivity index (χ4v) is 3.14. The number of piperidine rings is 1. The van der Waals surface area contributed by atoms with Gasteiger partial charge >= 0.3 is 0 Å².